The number of hydrogen-bond donors (Lipinski definition) is 0. The van der Waals surface area contributed by atoms with E-state index in [1.807, 2.05) is 6.07 Å². The van der Waals surface area contributed by atoms with Gasteiger partial charge in [-0.15, -0.1) is 12.4 Å². The first-order valence-electron chi connectivity index (χ1n) is 8.42. The van der Waals surface area contributed by atoms with Crippen LogP contribution in [0.2, 0.25) is 0 Å². The molecule has 4 heterocycles. The lowest BCUT2D eigenvalue weighted by atomic mass is 9.81. The zero-order chi connectivity index (χ0) is 14.4. The second-order valence-corrected chi connectivity index (χ2v) is 6.75. The molecule has 3 fully saturated rings. The largest absolute Gasteiger partial charge is 0.334 e. The van der Waals surface area contributed by atoms with Crippen molar-refractivity contribution in [3.63, 3.8) is 0 Å². The Morgan fingerprint density at radius 2 is 1.95 bits per heavy atom. The number of carbonyl (C=O) groups excluding carboxylic acids is 1. The lowest BCUT2D eigenvalue weighted by molar-refractivity contribution is 0.00603. The van der Waals surface area contributed by atoms with E-state index < -0.39 is 0 Å². The first-order chi connectivity index (χ1) is 10.3. The smallest absolute Gasteiger partial charge is 0.254 e. The highest BCUT2D eigenvalue weighted by molar-refractivity contribution is 5.97. The van der Waals surface area contributed by atoms with Gasteiger partial charge < -0.3 is 9.80 Å². The minimum absolute atomic E-state index is 0. The number of amides is 1. The molecule has 22 heavy (non-hydrogen) atoms. The first kappa shape index (κ1) is 15.8. The van der Waals surface area contributed by atoms with Gasteiger partial charge in [0, 0.05) is 24.7 Å². The van der Waals surface area contributed by atoms with Crippen LogP contribution in [-0.4, -0.2) is 47.9 Å². The fourth-order valence-electron chi connectivity index (χ4n) is 4.55. The van der Waals surface area contributed by atoms with Crippen molar-refractivity contribution in [3.05, 3.63) is 34.9 Å². The van der Waals surface area contributed by atoms with Gasteiger partial charge in [0.15, 0.2) is 0 Å². The molecule has 0 N–H and O–H groups in total. The number of aryl methyl sites for hydroxylation is 1. The number of nitrogens with zero attached hydrogens (tertiary/aromatic N) is 2. The molecule has 0 radical (unpaired) electrons. The standard InChI is InChI=1S/C18H24N2O.ClH/c1-2-13-4-3-5-16-15(13)8-11-20(18(16)21)17-12-19-9-6-14(17)7-10-19;/h3-5,14,17H,2,6-12H2,1H3;1H/t17-;/m1./s1. The lowest BCUT2D eigenvalue weighted by Gasteiger charge is -2.50. The van der Waals surface area contributed by atoms with Crippen molar-refractivity contribution in [3.8, 4) is 0 Å². The molecule has 4 aliphatic rings. The van der Waals surface area contributed by atoms with Gasteiger partial charge in [-0.1, -0.05) is 19.1 Å². The van der Waals surface area contributed by atoms with E-state index in [-0.39, 0.29) is 18.3 Å². The number of hydrogen-bond acceptors (Lipinski definition) is 2. The van der Waals surface area contributed by atoms with Gasteiger partial charge in [0.1, 0.15) is 0 Å². The van der Waals surface area contributed by atoms with Gasteiger partial charge in [0.2, 0.25) is 0 Å². The van der Waals surface area contributed by atoms with Crippen LogP contribution in [0.15, 0.2) is 18.2 Å². The fourth-order valence-corrected chi connectivity index (χ4v) is 4.55. The number of rotatable bonds is 2. The van der Waals surface area contributed by atoms with Crippen LogP contribution in [-0.2, 0) is 12.8 Å². The van der Waals surface area contributed by atoms with Crippen LogP contribution < -0.4 is 0 Å². The normalized spacial score (nSPS) is 30.0. The maximum atomic E-state index is 13.0. The van der Waals surface area contributed by atoms with E-state index in [0.29, 0.717) is 6.04 Å². The summed E-state index contributed by atoms with van der Waals surface area (Å²) in [4.78, 5) is 17.7. The second kappa shape index (κ2) is 6.21. The fraction of sp³-hybridized carbons (Fsp3) is 0.611. The van der Waals surface area contributed by atoms with E-state index in [4.69, 9.17) is 0 Å². The van der Waals surface area contributed by atoms with Crippen molar-refractivity contribution in [1.82, 2.24) is 9.80 Å². The van der Waals surface area contributed by atoms with Gasteiger partial charge in [-0.3, -0.25) is 4.79 Å². The van der Waals surface area contributed by atoms with E-state index in [1.165, 1.54) is 37.1 Å². The Labute approximate surface area is 139 Å². The predicted octanol–water partition coefficient (Wildman–Crippen LogP) is 2.76. The Kier molecular flexibility index (Phi) is 4.47. The topological polar surface area (TPSA) is 23.6 Å². The molecule has 1 aromatic carbocycles. The first-order valence-corrected chi connectivity index (χ1v) is 8.42. The maximum Gasteiger partial charge on any atom is 0.254 e. The summed E-state index contributed by atoms with van der Waals surface area (Å²) in [6.45, 7) is 6.66. The molecular weight excluding hydrogens is 296 g/mol. The quantitative estimate of drug-likeness (QED) is 0.836. The summed E-state index contributed by atoms with van der Waals surface area (Å²) < 4.78 is 0. The van der Waals surface area contributed by atoms with Crippen LogP contribution >= 0.6 is 12.4 Å². The summed E-state index contributed by atoms with van der Waals surface area (Å²) in [6, 6.07) is 6.72. The zero-order valence-corrected chi connectivity index (χ0v) is 14.1. The number of piperidine rings is 3. The van der Waals surface area contributed by atoms with Crippen molar-refractivity contribution in [2.75, 3.05) is 26.2 Å². The highest BCUT2D eigenvalue weighted by Crippen LogP contribution is 2.34. The van der Waals surface area contributed by atoms with Crippen LogP contribution in [0, 0.1) is 5.92 Å². The third kappa shape index (κ3) is 2.44. The van der Waals surface area contributed by atoms with Crippen molar-refractivity contribution in [2.24, 2.45) is 5.92 Å². The zero-order valence-electron chi connectivity index (χ0n) is 13.3. The monoisotopic (exact) mass is 320 g/mol. The predicted molar refractivity (Wildman–Crippen MR) is 90.8 cm³/mol. The molecule has 0 unspecified atom stereocenters. The van der Waals surface area contributed by atoms with Gasteiger partial charge in [0.25, 0.3) is 5.91 Å². The van der Waals surface area contributed by atoms with Crippen LogP contribution in [0.4, 0.5) is 0 Å². The Hall–Kier alpha value is -1.06. The van der Waals surface area contributed by atoms with Gasteiger partial charge in [-0.2, -0.15) is 0 Å². The molecule has 1 amide bonds. The molecule has 120 valence electrons. The Morgan fingerprint density at radius 3 is 2.59 bits per heavy atom. The van der Waals surface area contributed by atoms with Crippen molar-refractivity contribution >= 4 is 18.3 Å². The van der Waals surface area contributed by atoms with Crippen molar-refractivity contribution in [1.29, 1.82) is 0 Å². The molecule has 0 aromatic heterocycles. The average molecular weight is 321 g/mol. The third-order valence-electron chi connectivity index (χ3n) is 5.77. The summed E-state index contributed by atoms with van der Waals surface area (Å²) in [5, 5.41) is 0. The molecule has 3 nitrogen and oxygen atoms in total. The van der Waals surface area contributed by atoms with Crippen LogP contribution in [0.1, 0.15) is 41.3 Å². The van der Waals surface area contributed by atoms with Crippen molar-refractivity contribution < 1.29 is 4.79 Å². The minimum atomic E-state index is 0. The lowest BCUT2D eigenvalue weighted by Crippen LogP contribution is -2.59. The summed E-state index contributed by atoms with van der Waals surface area (Å²) in [6.07, 6.45) is 4.61. The molecule has 1 aromatic rings. The highest BCUT2D eigenvalue weighted by Gasteiger charge is 2.41. The Bertz CT molecular complexity index is 566. The van der Waals surface area contributed by atoms with E-state index in [0.717, 1.165) is 37.4 Å². The molecule has 1 atom stereocenters. The van der Waals surface area contributed by atoms with E-state index in [9.17, 15) is 4.79 Å². The molecule has 0 aliphatic carbocycles. The van der Waals surface area contributed by atoms with Gasteiger partial charge in [-0.05, 0) is 61.9 Å². The van der Waals surface area contributed by atoms with Crippen molar-refractivity contribution in [2.45, 2.75) is 38.6 Å². The van der Waals surface area contributed by atoms with Crippen LogP contribution in [0.5, 0.6) is 0 Å². The van der Waals surface area contributed by atoms with Gasteiger partial charge in [-0.25, -0.2) is 0 Å². The van der Waals surface area contributed by atoms with E-state index in [1.54, 1.807) is 0 Å². The molecule has 0 spiro atoms. The highest BCUT2D eigenvalue weighted by atomic mass is 35.5. The summed E-state index contributed by atoms with van der Waals surface area (Å²) in [5.41, 5.74) is 3.63. The molecule has 4 aliphatic heterocycles. The number of benzene rings is 1. The summed E-state index contributed by atoms with van der Waals surface area (Å²) >= 11 is 0. The Balaban J connectivity index is 0.00000144. The Morgan fingerprint density at radius 1 is 1.18 bits per heavy atom. The third-order valence-corrected chi connectivity index (χ3v) is 5.77. The minimum Gasteiger partial charge on any atom is -0.334 e. The molecule has 3 saturated heterocycles. The second-order valence-electron chi connectivity index (χ2n) is 6.75. The van der Waals surface area contributed by atoms with Crippen LogP contribution in [0.25, 0.3) is 0 Å². The molecule has 0 saturated carbocycles. The number of fused-ring (bicyclic) bond motifs is 4. The van der Waals surface area contributed by atoms with E-state index >= 15 is 0 Å². The molecule has 4 heteroatoms. The molecule has 5 rings (SSSR count). The van der Waals surface area contributed by atoms with Crippen LogP contribution in [0.3, 0.4) is 0 Å². The number of halogens is 1. The summed E-state index contributed by atoms with van der Waals surface area (Å²) in [5.74, 6) is 1.01. The molecule has 2 bridgehead atoms. The maximum absolute atomic E-state index is 13.0. The number of carbonyl (C=O) groups is 1. The average Bonchev–Trinajstić information content (AvgIpc) is 2.56. The summed E-state index contributed by atoms with van der Waals surface area (Å²) in [7, 11) is 0. The van der Waals surface area contributed by atoms with E-state index in [2.05, 4.69) is 28.9 Å². The SMILES string of the molecule is CCc1cccc2c1CCN([C@@H]1CN3CCC1CC3)C2=O.Cl. The molecular formula is C18H25ClN2O. The van der Waals surface area contributed by atoms with Gasteiger partial charge >= 0.3 is 0 Å². The van der Waals surface area contributed by atoms with Gasteiger partial charge in [0.05, 0.1) is 0 Å².